The zero-order valence-corrected chi connectivity index (χ0v) is 24.9. The number of nitrogens with zero attached hydrogens (tertiary/aromatic N) is 2. The summed E-state index contributed by atoms with van der Waals surface area (Å²) in [5, 5.41) is 23.6. The second-order valence-corrected chi connectivity index (χ2v) is 12.5. The third kappa shape index (κ3) is 8.72. The summed E-state index contributed by atoms with van der Waals surface area (Å²) in [7, 11) is -4.01. The van der Waals surface area contributed by atoms with Crippen molar-refractivity contribution in [2.24, 2.45) is 16.1 Å². The molecule has 1 saturated heterocycles. The number of aliphatic imine (C=N–C) groups is 1. The van der Waals surface area contributed by atoms with E-state index in [9.17, 15) is 24.4 Å². The van der Waals surface area contributed by atoms with Gasteiger partial charge in [0, 0.05) is 18.5 Å². The number of ether oxygens (including phenoxy) is 2. The van der Waals surface area contributed by atoms with Crippen LogP contribution in [0.15, 0.2) is 60.0 Å². The van der Waals surface area contributed by atoms with E-state index in [1.165, 1.54) is 31.0 Å². The Morgan fingerprint density at radius 1 is 1.24 bits per heavy atom. The third-order valence-corrected chi connectivity index (χ3v) is 8.88. The van der Waals surface area contributed by atoms with Gasteiger partial charge in [-0.2, -0.15) is 0 Å². The lowest BCUT2D eigenvalue weighted by molar-refractivity contribution is -0.155. The summed E-state index contributed by atoms with van der Waals surface area (Å²) in [5.41, 5.74) is 5.12. The molecule has 0 radical (unpaired) electrons. The number of amidine groups is 1. The van der Waals surface area contributed by atoms with Gasteiger partial charge in [0.2, 0.25) is 5.12 Å². The lowest BCUT2D eigenvalue weighted by Crippen LogP contribution is -2.42. The van der Waals surface area contributed by atoms with E-state index in [-0.39, 0.29) is 37.2 Å². The predicted octanol–water partition coefficient (Wildman–Crippen LogP) is 1.87. The molecule has 0 amide bonds. The van der Waals surface area contributed by atoms with Gasteiger partial charge in [0.05, 0.1) is 19.8 Å². The highest BCUT2D eigenvalue weighted by Gasteiger charge is 2.47. The quantitative estimate of drug-likeness (QED) is 0.104. The summed E-state index contributed by atoms with van der Waals surface area (Å²) in [6, 6.07) is 9.13. The molecule has 0 aromatic heterocycles. The van der Waals surface area contributed by atoms with E-state index in [0.717, 1.165) is 17.3 Å². The Morgan fingerprint density at radius 3 is 2.61 bits per heavy atom. The number of carbonyl (C=O) groups excluding carboxylic acids is 2. The van der Waals surface area contributed by atoms with Gasteiger partial charge in [-0.25, -0.2) is 14.6 Å². The van der Waals surface area contributed by atoms with E-state index >= 15 is 0 Å². The average molecular weight is 613 g/mol. The molecule has 2 unspecified atom stereocenters. The Labute approximate surface area is 243 Å². The number of hydrogen-bond acceptors (Lipinski definition) is 13. The molecule has 1 aromatic carbocycles. The van der Waals surface area contributed by atoms with E-state index in [1.807, 2.05) is 30.3 Å². The Hall–Kier alpha value is -2.55. The third-order valence-electron chi connectivity index (χ3n) is 6.18. The SMILES string of the molecule is C=C1N=C(N)C=CN1[C@@H]1O[C@H](COP(=O)(NCc2ccccc2)OCCSC(=O)C(C)(C)C(=O)OCC)C(O)[C@H]1O. The van der Waals surface area contributed by atoms with Gasteiger partial charge in [0.1, 0.15) is 35.4 Å². The number of esters is 1. The topological polar surface area (TPSA) is 182 Å². The highest BCUT2D eigenvalue weighted by atomic mass is 32.2. The maximum atomic E-state index is 13.6. The summed E-state index contributed by atoms with van der Waals surface area (Å²) in [6.45, 7) is 8.11. The molecule has 13 nitrogen and oxygen atoms in total. The first-order valence-corrected chi connectivity index (χ1v) is 15.4. The first-order valence-electron chi connectivity index (χ1n) is 12.9. The number of benzene rings is 1. The smallest absolute Gasteiger partial charge is 0.405 e. The van der Waals surface area contributed by atoms with Crippen molar-refractivity contribution in [2.45, 2.75) is 51.9 Å². The molecule has 2 heterocycles. The standard InChI is InChI=1S/C26H37N4O9PS/c1-5-36-24(33)26(3,4)25(34)41-14-13-37-40(35,28-15-18-9-7-6-8-10-18)38-16-19-21(31)22(32)23(39-19)30-12-11-20(27)29-17(30)2/h6-12,19,21-23,31-32H,2,5,13-16H2,1,3-4H3,(H2,27,29)(H,28,35)/t19-,21?,22-,23-,40?/m1/s1. The number of nitrogens with two attached hydrogens (primary N) is 1. The lowest BCUT2D eigenvalue weighted by Gasteiger charge is -2.30. The second-order valence-electron chi connectivity index (χ2n) is 9.65. The van der Waals surface area contributed by atoms with Crippen LogP contribution in [0.25, 0.3) is 0 Å². The van der Waals surface area contributed by atoms with Crippen LogP contribution in [0.1, 0.15) is 26.3 Å². The molecule has 3 rings (SSSR count). The van der Waals surface area contributed by atoms with Crippen molar-refractivity contribution in [1.29, 1.82) is 0 Å². The fraction of sp³-hybridized carbons (Fsp3) is 0.500. The summed E-state index contributed by atoms with van der Waals surface area (Å²) >= 11 is 0.847. The number of aliphatic hydroxyl groups excluding tert-OH is 2. The van der Waals surface area contributed by atoms with Crippen molar-refractivity contribution >= 4 is 36.4 Å². The van der Waals surface area contributed by atoms with Crippen LogP contribution in [-0.4, -0.2) is 82.1 Å². The Morgan fingerprint density at radius 2 is 1.95 bits per heavy atom. The van der Waals surface area contributed by atoms with Crippen LogP contribution in [0, 0.1) is 5.41 Å². The van der Waals surface area contributed by atoms with Gasteiger partial charge >= 0.3 is 13.7 Å². The number of aliphatic hydroxyl groups is 2. The van der Waals surface area contributed by atoms with Crippen molar-refractivity contribution in [2.75, 3.05) is 25.6 Å². The molecule has 226 valence electrons. The van der Waals surface area contributed by atoms with Gasteiger partial charge in [-0.05, 0) is 32.4 Å². The van der Waals surface area contributed by atoms with E-state index in [4.69, 9.17) is 24.3 Å². The number of thioether (sulfide) groups is 1. The second kappa shape index (κ2) is 14.6. The molecular weight excluding hydrogens is 575 g/mol. The molecule has 0 saturated carbocycles. The van der Waals surface area contributed by atoms with Crippen molar-refractivity contribution in [1.82, 2.24) is 9.99 Å². The van der Waals surface area contributed by atoms with E-state index < -0.39 is 55.4 Å². The summed E-state index contributed by atoms with van der Waals surface area (Å²) in [6.07, 6.45) is -1.84. The average Bonchev–Trinajstić information content (AvgIpc) is 3.22. The summed E-state index contributed by atoms with van der Waals surface area (Å²) in [5.74, 6) is -0.115. The molecular formula is C26H37N4O9PS. The molecule has 5 N–H and O–H groups in total. The van der Waals surface area contributed by atoms with Gasteiger partial charge < -0.3 is 30.3 Å². The van der Waals surface area contributed by atoms with Crippen molar-refractivity contribution in [3.8, 4) is 0 Å². The molecule has 1 fully saturated rings. The van der Waals surface area contributed by atoms with Crippen molar-refractivity contribution in [3.05, 3.63) is 60.6 Å². The normalized spacial score (nSPS) is 24.2. The molecule has 2 aliphatic heterocycles. The van der Waals surface area contributed by atoms with Crippen molar-refractivity contribution in [3.63, 3.8) is 0 Å². The largest absolute Gasteiger partial charge is 0.465 e. The van der Waals surface area contributed by atoms with Crippen LogP contribution >= 0.6 is 19.5 Å². The van der Waals surface area contributed by atoms with E-state index in [0.29, 0.717) is 0 Å². The molecule has 0 aliphatic carbocycles. The van der Waals surface area contributed by atoms with Crippen LogP contribution in [-0.2, 0) is 39.2 Å². The highest BCUT2D eigenvalue weighted by molar-refractivity contribution is 8.13. The fourth-order valence-electron chi connectivity index (χ4n) is 3.77. The Bertz CT molecular complexity index is 1200. The van der Waals surface area contributed by atoms with Gasteiger partial charge in [0.25, 0.3) is 0 Å². The van der Waals surface area contributed by atoms with Gasteiger partial charge in [0.15, 0.2) is 6.23 Å². The predicted molar refractivity (Wildman–Crippen MR) is 153 cm³/mol. The van der Waals surface area contributed by atoms with Crippen LogP contribution in [0.2, 0.25) is 0 Å². The first kappa shape index (κ1) is 33.0. The van der Waals surface area contributed by atoms with Gasteiger partial charge in [-0.1, -0.05) is 48.7 Å². The first-order chi connectivity index (χ1) is 19.4. The molecule has 5 atom stereocenters. The number of carbonyl (C=O) groups is 2. The zero-order chi connectivity index (χ0) is 30.2. The number of nitrogens with one attached hydrogen (secondary N) is 1. The van der Waals surface area contributed by atoms with Gasteiger partial charge in [-0.3, -0.25) is 18.6 Å². The molecule has 0 spiro atoms. The summed E-state index contributed by atoms with van der Waals surface area (Å²) in [4.78, 5) is 30.1. The highest BCUT2D eigenvalue weighted by Crippen LogP contribution is 2.45. The minimum atomic E-state index is -4.01. The zero-order valence-electron chi connectivity index (χ0n) is 23.2. The maximum Gasteiger partial charge on any atom is 0.405 e. The van der Waals surface area contributed by atoms with Crippen molar-refractivity contribution < 1.29 is 42.9 Å². The minimum absolute atomic E-state index is 0.0818. The monoisotopic (exact) mass is 612 g/mol. The Kier molecular flexibility index (Phi) is 11.7. The molecule has 2 aliphatic rings. The van der Waals surface area contributed by atoms with Crippen LogP contribution < -0.4 is 10.8 Å². The summed E-state index contributed by atoms with van der Waals surface area (Å²) < 4.78 is 35.6. The molecule has 0 bridgehead atoms. The molecule has 15 heteroatoms. The molecule has 1 aromatic rings. The number of rotatable bonds is 14. The minimum Gasteiger partial charge on any atom is -0.465 e. The van der Waals surface area contributed by atoms with Gasteiger partial charge in [-0.15, -0.1) is 0 Å². The van der Waals surface area contributed by atoms with Crippen LogP contribution in [0.5, 0.6) is 0 Å². The maximum absolute atomic E-state index is 13.6. The lowest BCUT2D eigenvalue weighted by atomic mass is 9.96. The fourth-order valence-corrected chi connectivity index (χ4v) is 5.99. The number of hydrogen-bond donors (Lipinski definition) is 4. The van der Waals surface area contributed by atoms with E-state index in [1.54, 1.807) is 6.92 Å². The Balaban J connectivity index is 1.61. The van der Waals surface area contributed by atoms with Crippen LogP contribution in [0.3, 0.4) is 0 Å². The van der Waals surface area contributed by atoms with E-state index in [2.05, 4.69) is 16.7 Å². The van der Waals surface area contributed by atoms with Crippen LogP contribution in [0.4, 0.5) is 0 Å². The molecule has 41 heavy (non-hydrogen) atoms.